The zero-order valence-corrected chi connectivity index (χ0v) is 19.3. The van der Waals surface area contributed by atoms with Gasteiger partial charge in [0.1, 0.15) is 24.7 Å². The van der Waals surface area contributed by atoms with E-state index in [1.54, 1.807) is 36.4 Å². The smallest absolute Gasteiger partial charge is 0.329 e. The molecule has 0 unspecified atom stereocenters. The molecule has 174 valence electrons. The van der Waals surface area contributed by atoms with Gasteiger partial charge in [0.25, 0.3) is 5.91 Å². The van der Waals surface area contributed by atoms with Gasteiger partial charge >= 0.3 is 10.2 Å². The van der Waals surface area contributed by atoms with E-state index in [1.165, 1.54) is 0 Å². The van der Waals surface area contributed by atoms with E-state index >= 15 is 0 Å². The quantitative estimate of drug-likeness (QED) is 0.544. The Balaban J connectivity index is 1.51. The van der Waals surface area contributed by atoms with Crippen molar-refractivity contribution in [1.82, 2.24) is 4.31 Å². The Morgan fingerprint density at radius 1 is 0.824 bits per heavy atom. The summed E-state index contributed by atoms with van der Waals surface area (Å²) in [5.41, 5.74) is 3.73. The SMILES string of the molecule is O=C1CCc2cc(N3CC(=O)N(Cc4ccccc4)S3(=O)=O)c(OCc3ccccc3)cc2C1. The molecule has 34 heavy (non-hydrogen) atoms. The number of carbonyl (C=O) groups excluding carboxylic acids is 2. The first kappa shape index (κ1) is 22.2. The molecule has 2 aliphatic rings. The highest BCUT2D eigenvalue weighted by molar-refractivity contribution is 7.91. The predicted molar refractivity (Wildman–Crippen MR) is 128 cm³/mol. The zero-order valence-electron chi connectivity index (χ0n) is 18.5. The number of carbonyl (C=O) groups is 2. The van der Waals surface area contributed by atoms with E-state index in [9.17, 15) is 18.0 Å². The minimum absolute atomic E-state index is 0.0296. The number of anilines is 1. The molecule has 1 fully saturated rings. The predicted octanol–water partition coefficient (Wildman–Crippen LogP) is 3.42. The highest BCUT2D eigenvalue weighted by Crippen LogP contribution is 2.39. The van der Waals surface area contributed by atoms with Crippen molar-refractivity contribution in [2.45, 2.75) is 32.4 Å². The van der Waals surface area contributed by atoms with E-state index in [-0.39, 0.29) is 25.5 Å². The molecule has 0 saturated carbocycles. The van der Waals surface area contributed by atoms with Crippen molar-refractivity contribution >= 4 is 27.6 Å². The third-order valence-electron chi connectivity index (χ3n) is 6.13. The number of ether oxygens (including phenoxy) is 1. The normalized spacial score (nSPS) is 17.1. The van der Waals surface area contributed by atoms with Crippen molar-refractivity contribution in [3.05, 3.63) is 95.1 Å². The van der Waals surface area contributed by atoms with Crippen molar-refractivity contribution in [1.29, 1.82) is 0 Å². The summed E-state index contributed by atoms with van der Waals surface area (Å²) in [7, 11) is -4.10. The molecule has 1 aliphatic carbocycles. The largest absolute Gasteiger partial charge is 0.487 e. The van der Waals surface area contributed by atoms with E-state index in [4.69, 9.17) is 4.74 Å². The number of benzene rings is 3. The van der Waals surface area contributed by atoms with Gasteiger partial charge in [-0.3, -0.25) is 9.59 Å². The van der Waals surface area contributed by atoms with Crippen LogP contribution < -0.4 is 9.04 Å². The highest BCUT2D eigenvalue weighted by atomic mass is 32.2. The summed E-state index contributed by atoms with van der Waals surface area (Å²) < 4.78 is 35.1. The van der Waals surface area contributed by atoms with Gasteiger partial charge in [-0.05, 0) is 40.8 Å². The van der Waals surface area contributed by atoms with Gasteiger partial charge in [0.15, 0.2) is 0 Å². The van der Waals surface area contributed by atoms with Crippen LogP contribution in [0.2, 0.25) is 0 Å². The second-order valence-electron chi connectivity index (χ2n) is 8.48. The Hall–Kier alpha value is -3.65. The number of rotatable bonds is 6. The lowest BCUT2D eigenvalue weighted by Crippen LogP contribution is -2.34. The molecule has 0 atom stereocenters. The molecule has 0 N–H and O–H groups in total. The van der Waals surface area contributed by atoms with Gasteiger partial charge < -0.3 is 4.74 Å². The molecular weight excluding hydrogens is 452 g/mol. The van der Waals surface area contributed by atoms with Gasteiger partial charge in [-0.2, -0.15) is 8.42 Å². The Bertz CT molecular complexity index is 1340. The summed E-state index contributed by atoms with van der Waals surface area (Å²) in [4.78, 5) is 24.8. The molecule has 0 bridgehead atoms. The molecule has 3 aromatic rings. The van der Waals surface area contributed by atoms with Gasteiger partial charge in [0, 0.05) is 12.8 Å². The Morgan fingerprint density at radius 3 is 2.21 bits per heavy atom. The summed E-state index contributed by atoms with van der Waals surface area (Å²) in [5.74, 6) is -0.00623. The summed E-state index contributed by atoms with van der Waals surface area (Å²) >= 11 is 0. The van der Waals surface area contributed by atoms with Gasteiger partial charge in [-0.1, -0.05) is 60.7 Å². The summed E-state index contributed by atoms with van der Waals surface area (Å²) in [5, 5.41) is 0. The van der Waals surface area contributed by atoms with Crippen LogP contribution in [0.3, 0.4) is 0 Å². The molecule has 1 saturated heterocycles. The van der Waals surface area contributed by atoms with Crippen LogP contribution in [0.5, 0.6) is 5.75 Å². The average Bonchev–Trinajstić information content (AvgIpc) is 3.06. The van der Waals surface area contributed by atoms with Gasteiger partial charge in [-0.25, -0.2) is 8.61 Å². The van der Waals surface area contributed by atoms with E-state index in [0.29, 0.717) is 30.7 Å². The molecule has 1 aliphatic heterocycles. The number of nitrogens with zero attached hydrogens (tertiary/aromatic N) is 2. The molecular formula is C26H24N2O5S. The van der Waals surface area contributed by atoms with Crippen LogP contribution in [-0.4, -0.2) is 31.0 Å². The minimum Gasteiger partial charge on any atom is -0.487 e. The fraction of sp³-hybridized carbons (Fsp3) is 0.231. The second-order valence-corrected chi connectivity index (χ2v) is 10.3. The van der Waals surface area contributed by atoms with Crippen molar-refractivity contribution in [3.63, 3.8) is 0 Å². The van der Waals surface area contributed by atoms with Gasteiger partial charge in [0.05, 0.1) is 12.2 Å². The number of aryl methyl sites for hydroxylation is 1. The maximum absolute atomic E-state index is 13.5. The first-order valence-corrected chi connectivity index (χ1v) is 12.5. The third-order valence-corrected chi connectivity index (χ3v) is 7.90. The van der Waals surface area contributed by atoms with Crippen LogP contribution in [0.1, 0.15) is 28.7 Å². The number of hydrogen-bond donors (Lipinski definition) is 0. The van der Waals surface area contributed by atoms with E-state index in [1.807, 2.05) is 36.4 Å². The third kappa shape index (κ3) is 4.28. The van der Waals surface area contributed by atoms with Crippen LogP contribution in [0.25, 0.3) is 0 Å². The first-order chi connectivity index (χ1) is 16.4. The number of ketones is 1. The van der Waals surface area contributed by atoms with E-state index in [2.05, 4.69) is 0 Å². The number of fused-ring (bicyclic) bond motifs is 1. The Morgan fingerprint density at radius 2 is 1.50 bits per heavy atom. The Labute approximate surface area is 198 Å². The summed E-state index contributed by atoms with van der Waals surface area (Å²) in [6.45, 7) is -0.0944. The average molecular weight is 477 g/mol. The van der Waals surface area contributed by atoms with E-state index < -0.39 is 16.1 Å². The fourth-order valence-corrected chi connectivity index (χ4v) is 5.86. The molecule has 0 spiro atoms. The van der Waals surface area contributed by atoms with Crippen molar-refractivity contribution in [2.24, 2.45) is 0 Å². The molecule has 1 heterocycles. The van der Waals surface area contributed by atoms with Crippen molar-refractivity contribution < 1.29 is 22.7 Å². The Kier molecular flexibility index (Phi) is 5.83. The van der Waals surface area contributed by atoms with Gasteiger partial charge in [0.2, 0.25) is 0 Å². The standard InChI is InChI=1S/C26H24N2O5S/c29-23-12-11-21-14-24(25(15-22(21)13-23)33-18-20-9-5-2-6-10-20)27-17-26(30)28(34(27,31)32)16-19-7-3-1-4-8-19/h1-10,14-15H,11-13,16-18H2. The maximum atomic E-state index is 13.5. The van der Waals surface area contributed by atoms with Crippen LogP contribution in [-0.2, 0) is 45.8 Å². The molecule has 0 aromatic heterocycles. The first-order valence-electron chi connectivity index (χ1n) is 11.1. The maximum Gasteiger partial charge on any atom is 0.329 e. The molecule has 1 amide bonds. The number of hydrogen-bond acceptors (Lipinski definition) is 5. The minimum atomic E-state index is -4.10. The molecule has 8 heteroatoms. The lowest BCUT2D eigenvalue weighted by atomic mass is 9.90. The molecule has 7 nitrogen and oxygen atoms in total. The summed E-state index contributed by atoms with van der Waals surface area (Å²) in [6.07, 6.45) is 1.25. The number of Topliss-reactive ketones (excluding diaryl/α,β-unsaturated/α-hetero) is 1. The van der Waals surface area contributed by atoms with Crippen LogP contribution in [0, 0.1) is 0 Å². The summed E-state index contributed by atoms with van der Waals surface area (Å²) in [6, 6.07) is 22.1. The van der Waals surface area contributed by atoms with Gasteiger partial charge in [-0.15, -0.1) is 0 Å². The molecule has 5 rings (SSSR count). The topological polar surface area (TPSA) is 84.0 Å². The van der Waals surface area contributed by atoms with Crippen LogP contribution in [0.4, 0.5) is 5.69 Å². The molecule has 3 aromatic carbocycles. The highest BCUT2D eigenvalue weighted by Gasteiger charge is 2.44. The second kappa shape index (κ2) is 8.95. The van der Waals surface area contributed by atoms with E-state index in [0.717, 1.165) is 30.9 Å². The van der Waals surface area contributed by atoms with Crippen molar-refractivity contribution in [3.8, 4) is 5.75 Å². The fourth-order valence-electron chi connectivity index (χ4n) is 4.33. The molecule has 0 radical (unpaired) electrons. The lowest BCUT2D eigenvalue weighted by molar-refractivity contribution is -0.124. The number of amides is 1. The lowest BCUT2D eigenvalue weighted by Gasteiger charge is -2.25. The zero-order chi connectivity index (χ0) is 23.7. The van der Waals surface area contributed by atoms with Crippen LogP contribution >= 0.6 is 0 Å². The van der Waals surface area contributed by atoms with Crippen LogP contribution in [0.15, 0.2) is 72.8 Å². The van der Waals surface area contributed by atoms with Crippen molar-refractivity contribution in [2.75, 3.05) is 10.8 Å². The monoisotopic (exact) mass is 476 g/mol.